The van der Waals surface area contributed by atoms with Gasteiger partial charge in [-0.1, -0.05) is 12.1 Å². The highest BCUT2D eigenvalue weighted by atomic mass is 16.4. The monoisotopic (exact) mass is 258 g/mol. The van der Waals surface area contributed by atoms with E-state index in [1.807, 2.05) is 6.07 Å². The Morgan fingerprint density at radius 1 is 1.37 bits per heavy atom. The van der Waals surface area contributed by atoms with Gasteiger partial charge in [0, 0.05) is 25.2 Å². The van der Waals surface area contributed by atoms with Gasteiger partial charge in [-0.05, 0) is 23.8 Å². The van der Waals surface area contributed by atoms with Gasteiger partial charge in [-0.25, -0.2) is 4.79 Å². The maximum atomic E-state index is 11.9. The molecule has 1 aromatic rings. The number of carbonyl (C=O) groups excluding carboxylic acids is 1. The minimum absolute atomic E-state index is 0.163. The smallest absolute Gasteiger partial charge is 0.328 e. The van der Waals surface area contributed by atoms with Crippen LogP contribution >= 0.6 is 0 Å². The zero-order valence-corrected chi connectivity index (χ0v) is 10.5. The molecule has 0 heterocycles. The lowest BCUT2D eigenvalue weighted by Gasteiger charge is -2.15. The molecule has 0 bridgehead atoms. The fourth-order valence-electron chi connectivity index (χ4n) is 1.44. The fourth-order valence-corrected chi connectivity index (χ4v) is 1.44. The van der Waals surface area contributed by atoms with E-state index in [0.717, 1.165) is 6.08 Å². The molecule has 98 valence electrons. The first-order valence-electron chi connectivity index (χ1n) is 5.68. The van der Waals surface area contributed by atoms with E-state index in [9.17, 15) is 9.59 Å². The standard InChI is InChI=1S/C14H14N2O3/c1-16(10-2-9-15)14(19)12-6-3-11(4-7-12)5-8-13(17)18/h3-8H,2,10H2,1H3,(H,17,18)/b8-5+. The summed E-state index contributed by atoms with van der Waals surface area (Å²) in [6.07, 6.45) is 2.79. The predicted molar refractivity (Wildman–Crippen MR) is 70.3 cm³/mol. The Bertz CT molecular complexity index is 527. The fraction of sp³-hybridized carbons (Fsp3) is 0.214. The van der Waals surface area contributed by atoms with Crippen molar-refractivity contribution in [2.45, 2.75) is 6.42 Å². The van der Waals surface area contributed by atoms with Crippen molar-refractivity contribution in [3.63, 3.8) is 0 Å². The second kappa shape index (κ2) is 6.97. The lowest BCUT2D eigenvalue weighted by Crippen LogP contribution is -2.27. The molecular weight excluding hydrogens is 244 g/mol. The van der Waals surface area contributed by atoms with Crippen LogP contribution in [0.1, 0.15) is 22.3 Å². The van der Waals surface area contributed by atoms with Crippen LogP contribution in [0.4, 0.5) is 0 Å². The SMILES string of the molecule is CN(CCC#N)C(=O)c1ccc(/C=C/C(=O)O)cc1. The van der Waals surface area contributed by atoms with Gasteiger partial charge in [0.2, 0.25) is 0 Å². The summed E-state index contributed by atoms with van der Waals surface area (Å²) in [6, 6.07) is 8.59. The number of hydrogen-bond acceptors (Lipinski definition) is 3. The summed E-state index contributed by atoms with van der Waals surface area (Å²) in [7, 11) is 1.64. The Balaban J connectivity index is 2.73. The number of carboxylic acids is 1. The molecule has 0 fully saturated rings. The Kier molecular flexibility index (Phi) is 5.30. The third-order valence-electron chi connectivity index (χ3n) is 2.48. The number of benzene rings is 1. The van der Waals surface area contributed by atoms with Gasteiger partial charge in [-0.3, -0.25) is 4.79 Å². The third-order valence-corrected chi connectivity index (χ3v) is 2.48. The first-order chi connectivity index (χ1) is 9.04. The van der Waals surface area contributed by atoms with Gasteiger partial charge >= 0.3 is 5.97 Å². The van der Waals surface area contributed by atoms with Crippen molar-refractivity contribution in [1.82, 2.24) is 4.90 Å². The number of nitrogens with zero attached hydrogens (tertiary/aromatic N) is 2. The molecule has 1 N–H and O–H groups in total. The van der Waals surface area contributed by atoms with Gasteiger partial charge < -0.3 is 10.0 Å². The summed E-state index contributed by atoms with van der Waals surface area (Å²) in [5, 5.41) is 17.0. The summed E-state index contributed by atoms with van der Waals surface area (Å²) >= 11 is 0. The molecule has 0 spiro atoms. The molecule has 0 saturated carbocycles. The molecule has 1 amide bonds. The zero-order valence-electron chi connectivity index (χ0n) is 10.5. The quantitative estimate of drug-likeness (QED) is 0.816. The number of carbonyl (C=O) groups is 2. The van der Waals surface area contributed by atoms with Crippen LogP contribution in [0, 0.1) is 11.3 Å². The van der Waals surface area contributed by atoms with E-state index < -0.39 is 5.97 Å². The van der Waals surface area contributed by atoms with E-state index >= 15 is 0 Å². The number of carboxylic acid groups (broad SMARTS) is 1. The predicted octanol–water partition coefficient (Wildman–Crippen LogP) is 1.77. The molecule has 0 aliphatic rings. The molecular formula is C14H14N2O3. The van der Waals surface area contributed by atoms with E-state index in [4.69, 9.17) is 10.4 Å². The Hall–Kier alpha value is -2.61. The molecule has 0 aliphatic heterocycles. The van der Waals surface area contributed by atoms with E-state index in [-0.39, 0.29) is 5.91 Å². The first kappa shape index (κ1) is 14.5. The van der Waals surface area contributed by atoms with Gasteiger partial charge in [-0.2, -0.15) is 5.26 Å². The van der Waals surface area contributed by atoms with Crippen molar-refractivity contribution < 1.29 is 14.7 Å². The molecule has 5 heteroatoms. The molecule has 1 aromatic carbocycles. The minimum atomic E-state index is -1.02. The summed E-state index contributed by atoms with van der Waals surface area (Å²) in [4.78, 5) is 23.8. The Labute approximate surface area is 111 Å². The van der Waals surface area contributed by atoms with E-state index in [2.05, 4.69) is 0 Å². The van der Waals surface area contributed by atoms with Crippen LogP contribution < -0.4 is 0 Å². The van der Waals surface area contributed by atoms with Crippen LogP contribution in [-0.2, 0) is 4.79 Å². The van der Waals surface area contributed by atoms with Crippen LogP contribution in [0.2, 0.25) is 0 Å². The van der Waals surface area contributed by atoms with Gasteiger partial charge in [-0.15, -0.1) is 0 Å². The average Bonchev–Trinajstić information content (AvgIpc) is 2.42. The van der Waals surface area contributed by atoms with Crippen molar-refractivity contribution in [2.24, 2.45) is 0 Å². The van der Waals surface area contributed by atoms with Crippen molar-refractivity contribution in [1.29, 1.82) is 5.26 Å². The lowest BCUT2D eigenvalue weighted by atomic mass is 10.1. The van der Waals surface area contributed by atoms with E-state index in [1.54, 1.807) is 31.3 Å². The minimum Gasteiger partial charge on any atom is -0.478 e. The number of hydrogen-bond donors (Lipinski definition) is 1. The van der Waals surface area contributed by atoms with Gasteiger partial charge in [0.1, 0.15) is 0 Å². The molecule has 0 saturated heterocycles. The van der Waals surface area contributed by atoms with Crippen LogP contribution in [0.25, 0.3) is 6.08 Å². The normalized spacial score (nSPS) is 10.1. The van der Waals surface area contributed by atoms with Crippen LogP contribution in [0.15, 0.2) is 30.3 Å². The molecule has 19 heavy (non-hydrogen) atoms. The van der Waals surface area contributed by atoms with E-state index in [1.165, 1.54) is 11.0 Å². The summed E-state index contributed by atoms with van der Waals surface area (Å²) in [5.74, 6) is -1.18. The number of nitriles is 1. The summed E-state index contributed by atoms with van der Waals surface area (Å²) in [5.41, 5.74) is 1.21. The van der Waals surface area contributed by atoms with Crippen LogP contribution in [0.5, 0.6) is 0 Å². The molecule has 0 aromatic heterocycles. The topological polar surface area (TPSA) is 81.4 Å². The largest absolute Gasteiger partial charge is 0.478 e. The number of rotatable bonds is 5. The Morgan fingerprint density at radius 2 is 2.00 bits per heavy atom. The lowest BCUT2D eigenvalue weighted by molar-refractivity contribution is -0.131. The van der Waals surface area contributed by atoms with Gasteiger partial charge in [0.15, 0.2) is 0 Å². The average molecular weight is 258 g/mol. The van der Waals surface area contributed by atoms with Gasteiger partial charge in [0.05, 0.1) is 12.5 Å². The highest BCUT2D eigenvalue weighted by molar-refractivity contribution is 5.94. The second-order valence-corrected chi connectivity index (χ2v) is 3.93. The molecule has 1 rings (SSSR count). The third kappa shape index (κ3) is 4.64. The highest BCUT2D eigenvalue weighted by Gasteiger charge is 2.10. The highest BCUT2D eigenvalue weighted by Crippen LogP contribution is 2.08. The van der Waals surface area contributed by atoms with Crippen molar-refractivity contribution in [2.75, 3.05) is 13.6 Å². The van der Waals surface area contributed by atoms with E-state index in [0.29, 0.717) is 24.1 Å². The molecule has 5 nitrogen and oxygen atoms in total. The van der Waals surface area contributed by atoms with Crippen LogP contribution in [-0.4, -0.2) is 35.5 Å². The molecule has 0 aliphatic carbocycles. The zero-order chi connectivity index (χ0) is 14.3. The second-order valence-electron chi connectivity index (χ2n) is 3.93. The van der Waals surface area contributed by atoms with Gasteiger partial charge in [0.25, 0.3) is 5.91 Å². The first-order valence-corrected chi connectivity index (χ1v) is 5.68. The molecule has 0 unspecified atom stereocenters. The molecule has 0 atom stereocenters. The van der Waals surface area contributed by atoms with Crippen molar-refractivity contribution in [3.05, 3.63) is 41.5 Å². The van der Waals surface area contributed by atoms with Crippen molar-refractivity contribution in [3.8, 4) is 6.07 Å². The summed E-state index contributed by atoms with van der Waals surface area (Å²) < 4.78 is 0. The molecule has 0 radical (unpaired) electrons. The number of aliphatic carboxylic acids is 1. The van der Waals surface area contributed by atoms with Crippen molar-refractivity contribution >= 4 is 18.0 Å². The maximum absolute atomic E-state index is 11.9. The number of amides is 1. The van der Waals surface area contributed by atoms with Crippen LogP contribution in [0.3, 0.4) is 0 Å². The Morgan fingerprint density at radius 3 is 2.53 bits per heavy atom. The maximum Gasteiger partial charge on any atom is 0.328 e. The summed E-state index contributed by atoms with van der Waals surface area (Å²) in [6.45, 7) is 0.385.